The van der Waals surface area contributed by atoms with Crippen molar-refractivity contribution < 1.29 is 4.74 Å². The van der Waals surface area contributed by atoms with E-state index in [9.17, 15) is 0 Å². The summed E-state index contributed by atoms with van der Waals surface area (Å²) in [5.41, 5.74) is 3.33. The first kappa shape index (κ1) is 11.1. The Labute approximate surface area is 103 Å². The number of nitrogens with one attached hydrogen (secondary N) is 1. The Hall–Kier alpha value is -1.02. The summed E-state index contributed by atoms with van der Waals surface area (Å²) in [5, 5.41) is 3.54. The number of benzene rings is 1. The fourth-order valence-electron chi connectivity index (χ4n) is 4.08. The lowest BCUT2D eigenvalue weighted by molar-refractivity contribution is 0.300. The van der Waals surface area contributed by atoms with Crippen LogP contribution < -0.4 is 10.1 Å². The van der Waals surface area contributed by atoms with E-state index < -0.39 is 0 Å². The predicted molar refractivity (Wildman–Crippen MR) is 69.6 cm³/mol. The van der Waals surface area contributed by atoms with Crippen molar-refractivity contribution >= 4 is 0 Å². The van der Waals surface area contributed by atoms with E-state index in [2.05, 4.69) is 37.5 Å². The molecule has 2 bridgehead atoms. The van der Waals surface area contributed by atoms with Crippen molar-refractivity contribution in [1.29, 1.82) is 0 Å². The average Bonchev–Trinajstić information content (AvgIpc) is 2.59. The predicted octanol–water partition coefficient (Wildman–Crippen LogP) is 2.51. The van der Waals surface area contributed by atoms with E-state index in [1.807, 2.05) is 0 Å². The third-order valence-electron chi connectivity index (χ3n) is 4.92. The van der Waals surface area contributed by atoms with Crippen LogP contribution in [0.4, 0.5) is 0 Å². The van der Waals surface area contributed by atoms with Crippen LogP contribution in [0, 0.1) is 5.92 Å². The van der Waals surface area contributed by atoms with Gasteiger partial charge in [0.25, 0.3) is 0 Å². The van der Waals surface area contributed by atoms with E-state index in [1.54, 1.807) is 7.11 Å². The van der Waals surface area contributed by atoms with Crippen LogP contribution in [-0.2, 0) is 11.8 Å². The van der Waals surface area contributed by atoms with Crippen molar-refractivity contribution in [2.75, 3.05) is 14.2 Å². The Balaban J connectivity index is 2.12. The molecule has 3 rings (SSSR count). The molecule has 0 aliphatic heterocycles. The molecule has 1 fully saturated rings. The summed E-state index contributed by atoms with van der Waals surface area (Å²) < 4.78 is 5.38. The number of hydrogen-bond acceptors (Lipinski definition) is 2. The SMILES string of the molecule is CN[C@H]1C2CC[C@]1(C)c1cc(OC)ccc1C2. The molecule has 2 nitrogen and oxygen atoms in total. The van der Waals surface area contributed by atoms with Gasteiger partial charge in [-0.1, -0.05) is 13.0 Å². The number of methoxy groups -OCH3 is 1. The van der Waals surface area contributed by atoms with Crippen molar-refractivity contribution in [2.24, 2.45) is 5.92 Å². The topological polar surface area (TPSA) is 21.3 Å². The van der Waals surface area contributed by atoms with Gasteiger partial charge in [0.05, 0.1) is 7.11 Å². The fourth-order valence-corrected chi connectivity index (χ4v) is 4.08. The maximum atomic E-state index is 5.38. The second kappa shape index (κ2) is 3.74. The minimum atomic E-state index is 0.293. The standard InChI is InChI=1S/C15H21NO/c1-15-7-6-11(14(15)16-2)8-10-4-5-12(17-3)9-13(10)15/h4-5,9,11,14,16H,6-8H2,1-3H3/t11?,14-,15+/m0/s1. The summed E-state index contributed by atoms with van der Waals surface area (Å²) in [7, 11) is 3.85. The molecule has 92 valence electrons. The third kappa shape index (κ3) is 1.43. The molecule has 0 amide bonds. The summed E-state index contributed by atoms with van der Waals surface area (Å²) >= 11 is 0. The van der Waals surface area contributed by atoms with E-state index in [-0.39, 0.29) is 0 Å². The Morgan fingerprint density at radius 2 is 2.24 bits per heavy atom. The molecule has 1 unspecified atom stereocenters. The number of likely N-dealkylation sites (N-methyl/N-ethyl adjacent to an activating group) is 1. The second-order valence-corrected chi connectivity index (χ2v) is 5.71. The van der Waals surface area contributed by atoms with Crippen molar-refractivity contribution in [2.45, 2.75) is 37.6 Å². The molecule has 1 aromatic carbocycles. The lowest BCUT2D eigenvalue weighted by atomic mass is 9.69. The molecule has 17 heavy (non-hydrogen) atoms. The van der Waals surface area contributed by atoms with Gasteiger partial charge in [0.15, 0.2) is 0 Å². The first-order valence-electron chi connectivity index (χ1n) is 6.53. The van der Waals surface area contributed by atoms with Gasteiger partial charge in [-0.2, -0.15) is 0 Å². The summed E-state index contributed by atoms with van der Waals surface area (Å²) in [5.74, 6) is 1.80. The Kier molecular flexibility index (Phi) is 2.44. The van der Waals surface area contributed by atoms with Crippen LogP contribution in [0.2, 0.25) is 0 Å². The molecule has 3 atom stereocenters. The highest BCUT2D eigenvalue weighted by atomic mass is 16.5. The highest BCUT2D eigenvalue weighted by Gasteiger charge is 2.49. The molecule has 0 saturated heterocycles. The lowest BCUT2D eigenvalue weighted by Gasteiger charge is -2.40. The zero-order chi connectivity index (χ0) is 12.0. The molecule has 0 spiro atoms. The van der Waals surface area contributed by atoms with E-state index in [0.29, 0.717) is 11.5 Å². The van der Waals surface area contributed by atoms with Gasteiger partial charge < -0.3 is 10.1 Å². The van der Waals surface area contributed by atoms with E-state index in [4.69, 9.17) is 4.74 Å². The summed E-state index contributed by atoms with van der Waals surface area (Å²) in [6.07, 6.45) is 3.86. The van der Waals surface area contributed by atoms with Crippen molar-refractivity contribution in [3.63, 3.8) is 0 Å². The van der Waals surface area contributed by atoms with Gasteiger partial charge >= 0.3 is 0 Å². The van der Waals surface area contributed by atoms with E-state index in [0.717, 1.165) is 11.7 Å². The molecule has 1 N–H and O–H groups in total. The highest BCUT2D eigenvalue weighted by Crippen LogP contribution is 2.51. The first-order valence-corrected chi connectivity index (χ1v) is 6.53. The fraction of sp³-hybridized carbons (Fsp3) is 0.600. The van der Waals surface area contributed by atoms with Gasteiger partial charge in [-0.25, -0.2) is 0 Å². The van der Waals surface area contributed by atoms with Crippen molar-refractivity contribution in [1.82, 2.24) is 5.32 Å². The van der Waals surface area contributed by atoms with Gasteiger partial charge in [0.1, 0.15) is 5.75 Å². The first-order chi connectivity index (χ1) is 8.19. The van der Waals surface area contributed by atoms with Gasteiger partial charge in [-0.15, -0.1) is 0 Å². The summed E-state index contributed by atoms with van der Waals surface area (Å²) in [6.45, 7) is 2.41. The largest absolute Gasteiger partial charge is 0.497 e. The maximum Gasteiger partial charge on any atom is 0.119 e. The van der Waals surface area contributed by atoms with Gasteiger partial charge in [-0.05, 0) is 55.5 Å². The van der Waals surface area contributed by atoms with Crippen LogP contribution in [0.3, 0.4) is 0 Å². The summed E-state index contributed by atoms with van der Waals surface area (Å²) in [4.78, 5) is 0. The molecule has 2 aliphatic carbocycles. The Bertz CT molecular complexity index is 443. The van der Waals surface area contributed by atoms with Crippen LogP contribution in [0.25, 0.3) is 0 Å². The third-order valence-corrected chi connectivity index (χ3v) is 4.92. The molecule has 2 heteroatoms. The molecule has 0 radical (unpaired) electrons. The van der Waals surface area contributed by atoms with E-state index >= 15 is 0 Å². The smallest absolute Gasteiger partial charge is 0.119 e. The van der Waals surface area contributed by atoms with Crippen LogP contribution in [-0.4, -0.2) is 20.2 Å². The maximum absolute atomic E-state index is 5.38. The van der Waals surface area contributed by atoms with Crippen LogP contribution in [0.5, 0.6) is 5.75 Å². The molecule has 1 saturated carbocycles. The monoisotopic (exact) mass is 231 g/mol. The Morgan fingerprint density at radius 1 is 1.41 bits per heavy atom. The molecule has 0 heterocycles. The van der Waals surface area contributed by atoms with Gasteiger partial charge in [0.2, 0.25) is 0 Å². The molecule has 2 aliphatic rings. The molecular weight excluding hydrogens is 210 g/mol. The molecule has 0 aromatic heterocycles. The minimum Gasteiger partial charge on any atom is -0.497 e. The van der Waals surface area contributed by atoms with Gasteiger partial charge in [0, 0.05) is 11.5 Å². The van der Waals surface area contributed by atoms with E-state index in [1.165, 1.54) is 30.4 Å². The number of hydrogen-bond donors (Lipinski definition) is 1. The Morgan fingerprint density at radius 3 is 2.94 bits per heavy atom. The normalized spacial score (nSPS) is 34.5. The molecule has 1 aromatic rings. The van der Waals surface area contributed by atoms with Crippen LogP contribution in [0.15, 0.2) is 18.2 Å². The minimum absolute atomic E-state index is 0.293. The zero-order valence-corrected chi connectivity index (χ0v) is 10.9. The van der Waals surface area contributed by atoms with Crippen LogP contribution >= 0.6 is 0 Å². The average molecular weight is 231 g/mol. The molecular formula is C15H21NO. The summed E-state index contributed by atoms with van der Waals surface area (Å²) in [6, 6.07) is 7.24. The second-order valence-electron chi connectivity index (χ2n) is 5.71. The number of fused-ring (bicyclic) bond motifs is 4. The lowest BCUT2D eigenvalue weighted by Crippen LogP contribution is -2.48. The number of rotatable bonds is 2. The zero-order valence-electron chi connectivity index (χ0n) is 10.9. The van der Waals surface area contributed by atoms with Gasteiger partial charge in [-0.3, -0.25) is 0 Å². The van der Waals surface area contributed by atoms with Crippen molar-refractivity contribution in [3.05, 3.63) is 29.3 Å². The highest BCUT2D eigenvalue weighted by molar-refractivity contribution is 5.45. The number of ether oxygens (including phenoxy) is 1. The van der Waals surface area contributed by atoms with Crippen molar-refractivity contribution in [3.8, 4) is 5.75 Å². The quantitative estimate of drug-likeness (QED) is 0.844. The van der Waals surface area contributed by atoms with Crippen LogP contribution in [0.1, 0.15) is 30.9 Å².